The van der Waals surface area contributed by atoms with Crippen LogP contribution in [-0.4, -0.2) is 42.6 Å². The topological polar surface area (TPSA) is 60.8 Å². The zero-order valence-corrected chi connectivity index (χ0v) is 14.2. The first kappa shape index (κ1) is 15.7. The van der Waals surface area contributed by atoms with Crippen molar-refractivity contribution in [1.29, 1.82) is 0 Å². The van der Waals surface area contributed by atoms with Crippen molar-refractivity contribution in [2.24, 2.45) is 4.99 Å². The molecule has 0 aliphatic carbocycles. The van der Waals surface area contributed by atoms with Gasteiger partial charge < -0.3 is 19.7 Å². The predicted octanol–water partition coefficient (Wildman–Crippen LogP) is 3.77. The highest BCUT2D eigenvalue weighted by atomic mass is 16.5. The summed E-state index contributed by atoms with van der Waals surface area (Å²) in [6.07, 6.45) is 1.74. The molecule has 25 heavy (non-hydrogen) atoms. The summed E-state index contributed by atoms with van der Waals surface area (Å²) < 4.78 is 5.44. The molecule has 0 spiro atoms. The smallest absolute Gasteiger partial charge is 0.198 e. The third kappa shape index (κ3) is 3.10. The normalized spacial score (nSPS) is 15.3. The molecule has 1 saturated heterocycles. The molecule has 0 atom stereocenters. The minimum atomic E-state index is 0.146. The number of aromatic hydroxyl groups is 1. The molecule has 0 radical (unpaired) electrons. The lowest BCUT2D eigenvalue weighted by molar-refractivity contribution is 0.123. The minimum absolute atomic E-state index is 0.146. The van der Waals surface area contributed by atoms with Gasteiger partial charge in [0.15, 0.2) is 5.88 Å². The molecule has 0 saturated carbocycles. The molecular weight excluding hydrogens is 314 g/mol. The molecule has 4 rings (SSSR count). The number of nitrogens with zero attached hydrogens (tertiary/aromatic N) is 2. The van der Waals surface area contributed by atoms with Crippen molar-refractivity contribution in [3.8, 4) is 5.88 Å². The van der Waals surface area contributed by atoms with E-state index in [9.17, 15) is 5.11 Å². The highest BCUT2D eigenvalue weighted by Crippen LogP contribution is 2.31. The fourth-order valence-corrected chi connectivity index (χ4v) is 3.22. The van der Waals surface area contributed by atoms with Gasteiger partial charge in [0, 0.05) is 30.2 Å². The molecule has 1 aliphatic rings. The Balaban J connectivity index is 1.71. The zero-order valence-electron chi connectivity index (χ0n) is 14.2. The number of fused-ring (bicyclic) bond motifs is 1. The van der Waals surface area contributed by atoms with Crippen LogP contribution in [0, 0.1) is 6.92 Å². The summed E-state index contributed by atoms with van der Waals surface area (Å²) >= 11 is 0. The number of aliphatic imine (C=N–C) groups is 1. The fraction of sp³-hybridized carbons (Fsp3) is 0.250. The van der Waals surface area contributed by atoms with E-state index in [0.717, 1.165) is 59.7 Å². The molecule has 2 aromatic carbocycles. The Labute approximate surface area is 146 Å². The maximum atomic E-state index is 10.2. The number of hydrogen-bond acceptors (Lipinski definition) is 4. The van der Waals surface area contributed by atoms with E-state index >= 15 is 0 Å². The highest BCUT2D eigenvalue weighted by molar-refractivity contribution is 6.03. The van der Waals surface area contributed by atoms with E-state index in [2.05, 4.69) is 27.0 Å². The van der Waals surface area contributed by atoms with Gasteiger partial charge in [-0.15, -0.1) is 0 Å². The van der Waals surface area contributed by atoms with E-state index in [1.54, 1.807) is 6.21 Å². The van der Waals surface area contributed by atoms with E-state index in [1.807, 2.05) is 37.3 Å². The van der Waals surface area contributed by atoms with Crippen LogP contribution in [0.3, 0.4) is 0 Å². The first-order valence-electron chi connectivity index (χ1n) is 8.49. The van der Waals surface area contributed by atoms with Gasteiger partial charge in [0.2, 0.25) is 0 Å². The number of morpholine rings is 1. The van der Waals surface area contributed by atoms with Gasteiger partial charge in [-0.05, 0) is 31.2 Å². The Kier molecular flexibility index (Phi) is 4.15. The fourth-order valence-electron chi connectivity index (χ4n) is 3.22. The molecule has 1 fully saturated rings. The molecule has 3 aromatic rings. The van der Waals surface area contributed by atoms with Crippen molar-refractivity contribution in [2.45, 2.75) is 6.92 Å². The van der Waals surface area contributed by atoms with Crippen molar-refractivity contribution in [3.05, 3.63) is 53.6 Å². The Bertz CT molecular complexity index is 924. The molecule has 1 aromatic heterocycles. The Morgan fingerprint density at radius 1 is 1.16 bits per heavy atom. The lowest BCUT2D eigenvalue weighted by atomic mass is 10.1. The van der Waals surface area contributed by atoms with Crippen LogP contribution >= 0.6 is 0 Å². The molecular formula is C20H21N3O2. The van der Waals surface area contributed by atoms with Gasteiger partial charge in [-0.1, -0.05) is 23.8 Å². The minimum Gasteiger partial charge on any atom is -0.494 e. The molecule has 5 heteroatoms. The molecule has 2 N–H and O–H groups in total. The second kappa shape index (κ2) is 6.61. The summed E-state index contributed by atoms with van der Waals surface area (Å²) in [4.78, 5) is 9.97. The van der Waals surface area contributed by atoms with E-state index in [1.165, 1.54) is 0 Å². The maximum Gasteiger partial charge on any atom is 0.198 e. The molecule has 5 nitrogen and oxygen atoms in total. The number of rotatable bonds is 3. The number of aromatic amines is 1. The average molecular weight is 335 g/mol. The SMILES string of the molecule is Cc1ccc2[nH]c(O)c(C=Nc3ccccc3N3CCOCC3)c2c1. The van der Waals surface area contributed by atoms with Crippen LogP contribution in [-0.2, 0) is 4.74 Å². The number of hydrogen-bond donors (Lipinski definition) is 2. The lowest BCUT2D eigenvalue weighted by Gasteiger charge is -2.29. The molecule has 1 aliphatic heterocycles. The van der Waals surface area contributed by atoms with Crippen LogP contribution in [0.25, 0.3) is 10.9 Å². The Morgan fingerprint density at radius 3 is 2.80 bits per heavy atom. The zero-order chi connectivity index (χ0) is 17.2. The van der Waals surface area contributed by atoms with Crippen molar-refractivity contribution in [3.63, 3.8) is 0 Å². The summed E-state index contributed by atoms with van der Waals surface area (Å²) in [6, 6.07) is 14.1. The standard InChI is InChI=1S/C20H21N3O2/c1-14-6-7-17-15(12-14)16(20(24)22-17)13-21-18-4-2-3-5-19(18)23-8-10-25-11-9-23/h2-7,12-13,22,24H,8-11H2,1H3. The Morgan fingerprint density at radius 2 is 1.96 bits per heavy atom. The van der Waals surface area contributed by atoms with E-state index in [0.29, 0.717) is 0 Å². The van der Waals surface area contributed by atoms with Gasteiger partial charge in [0.1, 0.15) is 0 Å². The Hall–Kier alpha value is -2.79. The van der Waals surface area contributed by atoms with Gasteiger partial charge >= 0.3 is 0 Å². The van der Waals surface area contributed by atoms with Gasteiger partial charge in [0.05, 0.1) is 30.2 Å². The summed E-state index contributed by atoms with van der Waals surface area (Å²) in [5.41, 5.74) is 4.76. The number of aromatic nitrogens is 1. The summed E-state index contributed by atoms with van der Waals surface area (Å²) in [7, 11) is 0. The van der Waals surface area contributed by atoms with Crippen molar-refractivity contribution in [1.82, 2.24) is 4.98 Å². The molecule has 0 unspecified atom stereocenters. The summed E-state index contributed by atoms with van der Waals surface area (Å²) in [5, 5.41) is 11.2. The molecule has 2 heterocycles. The quantitative estimate of drug-likeness (QED) is 0.716. The lowest BCUT2D eigenvalue weighted by Crippen LogP contribution is -2.36. The van der Waals surface area contributed by atoms with Crippen LogP contribution in [0.1, 0.15) is 11.1 Å². The van der Waals surface area contributed by atoms with Gasteiger partial charge in [-0.3, -0.25) is 4.99 Å². The van der Waals surface area contributed by atoms with Crippen LogP contribution in [0.5, 0.6) is 5.88 Å². The third-order valence-electron chi connectivity index (χ3n) is 4.54. The third-order valence-corrected chi connectivity index (χ3v) is 4.54. The number of benzene rings is 2. The van der Waals surface area contributed by atoms with Crippen molar-refractivity contribution in [2.75, 3.05) is 31.2 Å². The van der Waals surface area contributed by atoms with Crippen LogP contribution in [0.2, 0.25) is 0 Å². The van der Waals surface area contributed by atoms with Crippen molar-refractivity contribution < 1.29 is 9.84 Å². The van der Waals surface area contributed by atoms with E-state index in [-0.39, 0.29) is 5.88 Å². The number of ether oxygens (including phenoxy) is 1. The van der Waals surface area contributed by atoms with Crippen LogP contribution < -0.4 is 4.90 Å². The molecule has 0 amide bonds. The van der Waals surface area contributed by atoms with E-state index in [4.69, 9.17) is 4.74 Å². The number of aryl methyl sites for hydroxylation is 1. The van der Waals surface area contributed by atoms with Crippen LogP contribution in [0.15, 0.2) is 47.5 Å². The maximum absolute atomic E-state index is 10.2. The first-order valence-corrected chi connectivity index (χ1v) is 8.49. The monoisotopic (exact) mass is 335 g/mol. The molecule has 0 bridgehead atoms. The number of nitrogens with one attached hydrogen (secondary N) is 1. The molecule has 128 valence electrons. The summed E-state index contributed by atoms with van der Waals surface area (Å²) in [5.74, 6) is 0.146. The largest absolute Gasteiger partial charge is 0.494 e. The number of anilines is 1. The van der Waals surface area contributed by atoms with Gasteiger partial charge in [-0.2, -0.15) is 0 Å². The van der Waals surface area contributed by atoms with Gasteiger partial charge in [0.25, 0.3) is 0 Å². The first-order chi connectivity index (χ1) is 12.2. The highest BCUT2D eigenvalue weighted by Gasteiger charge is 2.14. The van der Waals surface area contributed by atoms with Crippen molar-refractivity contribution >= 4 is 28.5 Å². The second-order valence-electron chi connectivity index (χ2n) is 6.28. The average Bonchev–Trinajstić information content (AvgIpc) is 2.95. The number of H-pyrrole nitrogens is 1. The van der Waals surface area contributed by atoms with Crippen LogP contribution in [0.4, 0.5) is 11.4 Å². The summed E-state index contributed by atoms with van der Waals surface area (Å²) in [6.45, 7) is 5.24. The number of para-hydroxylation sites is 2. The second-order valence-corrected chi connectivity index (χ2v) is 6.28. The van der Waals surface area contributed by atoms with E-state index < -0.39 is 0 Å². The van der Waals surface area contributed by atoms with Gasteiger partial charge in [-0.25, -0.2) is 0 Å². The predicted molar refractivity (Wildman–Crippen MR) is 101 cm³/mol.